The molecule has 1 aromatic carbocycles. The second kappa shape index (κ2) is 4.75. The average Bonchev–Trinajstić information content (AvgIpc) is 2.54. The minimum atomic E-state index is -0.679. The molecule has 2 rings (SSSR count). The van der Waals surface area contributed by atoms with Crippen LogP contribution in [-0.2, 0) is 12.8 Å². The number of aryl methyl sites for hydroxylation is 1. The van der Waals surface area contributed by atoms with Crippen LogP contribution in [0.1, 0.15) is 42.2 Å². The highest BCUT2D eigenvalue weighted by molar-refractivity contribution is 9.16. The van der Waals surface area contributed by atoms with E-state index in [9.17, 15) is 10.2 Å². The Balaban J connectivity index is 2.74. The van der Waals surface area contributed by atoms with Crippen LogP contribution in [0.25, 0.3) is 4.48 Å². The molecule has 4 heteroatoms. The first-order chi connectivity index (χ1) is 8.02. The number of aliphatic hydroxyl groups excluding tert-OH is 1. The Bertz CT molecular complexity index is 507. The fourth-order valence-corrected chi connectivity index (χ4v) is 3.40. The molecule has 92 valence electrons. The zero-order chi connectivity index (χ0) is 12.7. The Morgan fingerprint density at radius 2 is 1.88 bits per heavy atom. The van der Waals surface area contributed by atoms with Gasteiger partial charge in [-0.3, -0.25) is 0 Å². The molecule has 0 aliphatic heterocycles. The van der Waals surface area contributed by atoms with Crippen LogP contribution in [0.3, 0.4) is 0 Å². The van der Waals surface area contributed by atoms with Crippen LogP contribution in [-0.4, -0.2) is 10.2 Å². The molecule has 0 bridgehead atoms. The number of benzene rings is 1. The Labute approximate surface area is 118 Å². The first-order valence-corrected chi connectivity index (χ1v) is 7.22. The van der Waals surface area contributed by atoms with Gasteiger partial charge >= 0.3 is 0 Å². The minimum absolute atomic E-state index is 0.294. The zero-order valence-corrected chi connectivity index (χ0v) is 12.9. The van der Waals surface area contributed by atoms with Crippen LogP contribution < -0.4 is 0 Å². The maximum Gasteiger partial charge on any atom is 0.127 e. The summed E-state index contributed by atoms with van der Waals surface area (Å²) < 4.78 is 1.42. The molecular weight excluding hydrogens is 348 g/mol. The highest BCUT2D eigenvalue weighted by Gasteiger charge is 2.31. The quantitative estimate of drug-likeness (QED) is 0.835. The van der Waals surface area contributed by atoms with E-state index in [1.807, 2.05) is 13.0 Å². The summed E-state index contributed by atoms with van der Waals surface area (Å²) in [5, 5.41) is 20.4. The summed E-state index contributed by atoms with van der Waals surface area (Å²) >= 11 is 6.76. The molecular formula is C13H14Br2O2. The van der Waals surface area contributed by atoms with Crippen LogP contribution >= 0.6 is 31.9 Å². The Hall–Kier alpha value is -0.320. The molecule has 0 aromatic heterocycles. The summed E-state index contributed by atoms with van der Waals surface area (Å²) in [4.78, 5) is 0. The van der Waals surface area contributed by atoms with Gasteiger partial charge < -0.3 is 10.2 Å². The lowest BCUT2D eigenvalue weighted by atomic mass is 9.94. The second-order valence-corrected chi connectivity index (χ2v) is 5.75. The van der Waals surface area contributed by atoms with Crippen molar-refractivity contribution in [1.29, 1.82) is 0 Å². The third-order valence-electron chi connectivity index (χ3n) is 3.23. The summed E-state index contributed by atoms with van der Waals surface area (Å²) in [5.74, 6) is 0.294. The predicted octanol–water partition coefficient (Wildman–Crippen LogP) is 4.02. The number of halogens is 2. The number of fused-ring (bicyclic) bond motifs is 1. The molecule has 0 saturated carbocycles. The van der Waals surface area contributed by atoms with E-state index in [1.54, 1.807) is 0 Å². The van der Waals surface area contributed by atoms with Gasteiger partial charge in [0.05, 0.1) is 0 Å². The van der Waals surface area contributed by atoms with E-state index in [0.717, 1.165) is 39.6 Å². The van der Waals surface area contributed by atoms with Crippen molar-refractivity contribution in [2.24, 2.45) is 0 Å². The SMILES string of the molecule is CCc1cc2c(c(O)c1CC)C(Br)=C(Br)C2O. The van der Waals surface area contributed by atoms with Crippen LogP contribution in [0.2, 0.25) is 0 Å². The predicted molar refractivity (Wildman–Crippen MR) is 76.6 cm³/mol. The number of aromatic hydroxyl groups is 1. The molecule has 1 aromatic rings. The van der Waals surface area contributed by atoms with Crippen molar-refractivity contribution in [3.8, 4) is 5.75 Å². The van der Waals surface area contributed by atoms with Crippen molar-refractivity contribution >= 4 is 36.3 Å². The number of rotatable bonds is 2. The Morgan fingerprint density at radius 1 is 1.24 bits per heavy atom. The topological polar surface area (TPSA) is 40.5 Å². The third kappa shape index (κ3) is 1.86. The first kappa shape index (κ1) is 13.1. The summed E-state index contributed by atoms with van der Waals surface area (Å²) in [6, 6.07) is 1.99. The maximum absolute atomic E-state index is 10.3. The van der Waals surface area contributed by atoms with Crippen molar-refractivity contribution in [3.63, 3.8) is 0 Å². The third-order valence-corrected chi connectivity index (χ3v) is 5.41. The summed E-state index contributed by atoms with van der Waals surface area (Å²) in [7, 11) is 0. The van der Waals surface area contributed by atoms with Gasteiger partial charge in [-0.05, 0) is 45.5 Å². The lowest BCUT2D eigenvalue weighted by molar-refractivity contribution is 0.228. The molecule has 0 amide bonds. The van der Waals surface area contributed by atoms with Gasteiger partial charge in [0.25, 0.3) is 0 Å². The van der Waals surface area contributed by atoms with Gasteiger partial charge in [0.2, 0.25) is 0 Å². The lowest BCUT2D eigenvalue weighted by Crippen LogP contribution is -2.00. The number of phenols is 1. The van der Waals surface area contributed by atoms with Crippen molar-refractivity contribution < 1.29 is 10.2 Å². The lowest BCUT2D eigenvalue weighted by Gasteiger charge is -2.15. The van der Waals surface area contributed by atoms with Gasteiger partial charge in [0.15, 0.2) is 0 Å². The largest absolute Gasteiger partial charge is 0.507 e. The average molecular weight is 362 g/mol. The number of aliphatic hydroxyl groups is 1. The molecule has 1 aliphatic carbocycles. The van der Waals surface area contributed by atoms with Gasteiger partial charge in [-0.25, -0.2) is 0 Å². The molecule has 1 aliphatic rings. The van der Waals surface area contributed by atoms with Gasteiger partial charge in [-0.2, -0.15) is 0 Å². The Kier molecular flexibility index (Phi) is 3.66. The van der Waals surface area contributed by atoms with Gasteiger partial charge in [-0.15, -0.1) is 0 Å². The number of hydrogen-bond acceptors (Lipinski definition) is 2. The first-order valence-electron chi connectivity index (χ1n) is 5.64. The number of phenolic OH excluding ortho intramolecular Hbond substituents is 1. The summed E-state index contributed by atoms with van der Waals surface area (Å²) in [6.07, 6.45) is 0.962. The molecule has 1 unspecified atom stereocenters. The monoisotopic (exact) mass is 360 g/mol. The zero-order valence-electron chi connectivity index (χ0n) is 9.72. The molecule has 0 heterocycles. The van der Waals surface area contributed by atoms with Crippen LogP contribution in [0.4, 0.5) is 0 Å². The molecule has 0 saturated heterocycles. The molecule has 1 atom stereocenters. The molecule has 0 radical (unpaired) electrons. The number of hydrogen-bond donors (Lipinski definition) is 2. The van der Waals surface area contributed by atoms with Gasteiger partial charge in [-0.1, -0.05) is 35.8 Å². The maximum atomic E-state index is 10.3. The van der Waals surface area contributed by atoms with Crippen molar-refractivity contribution in [1.82, 2.24) is 0 Å². The molecule has 2 N–H and O–H groups in total. The van der Waals surface area contributed by atoms with Crippen LogP contribution in [0.5, 0.6) is 5.75 Å². The van der Waals surface area contributed by atoms with Gasteiger partial charge in [0, 0.05) is 14.5 Å². The Morgan fingerprint density at radius 3 is 2.41 bits per heavy atom. The molecule has 0 spiro atoms. The van der Waals surface area contributed by atoms with E-state index in [-0.39, 0.29) is 0 Å². The van der Waals surface area contributed by atoms with E-state index in [2.05, 4.69) is 38.8 Å². The smallest absolute Gasteiger partial charge is 0.127 e. The highest BCUT2D eigenvalue weighted by atomic mass is 79.9. The molecule has 0 fully saturated rings. The fourth-order valence-electron chi connectivity index (χ4n) is 2.32. The van der Waals surface area contributed by atoms with E-state index >= 15 is 0 Å². The fraction of sp³-hybridized carbons (Fsp3) is 0.385. The van der Waals surface area contributed by atoms with E-state index < -0.39 is 6.10 Å². The second-order valence-electron chi connectivity index (χ2n) is 4.10. The van der Waals surface area contributed by atoms with Crippen molar-refractivity contribution in [3.05, 3.63) is 32.8 Å². The summed E-state index contributed by atoms with van der Waals surface area (Å²) in [5.41, 5.74) is 3.57. The van der Waals surface area contributed by atoms with E-state index in [0.29, 0.717) is 10.2 Å². The van der Waals surface area contributed by atoms with E-state index in [4.69, 9.17) is 0 Å². The molecule has 17 heavy (non-hydrogen) atoms. The van der Waals surface area contributed by atoms with Crippen LogP contribution in [0, 0.1) is 0 Å². The van der Waals surface area contributed by atoms with Crippen LogP contribution in [0.15, 0.2) is 10.5 Å². The van der Waals surface area contributed by atoms with Crippen molar-refractivity contribution in [2.45, 2.75) is 32.8 Å². The normalized spacial score (nSPS) is 18.8. The molecule has 2 nitrogen and oxygen atoms in total. The summed E-state index contributed by atoms with van der Waals surface area (Å²) in [6.45, 7) is 4.08. The van der Waals surface area contributed by atoms with E-state index in [1.165, 1.54) is 0 Å². The van der Waals surface area contributed by atoms with Crippen molar-refractivity contribution in [2.75, 3.05) is 0 Å². The highest BCUT2D eigenvalue weighted by Crippen LogP contribution is 2.51. The van der Waals surface area contributed by atoms with Gasteiger partial charge in [0.1, 0.15) is 11.9 Å². The minimum Gasteiger partial charge on any atom is -0.507 e. The standard InChI is InChI=1S/C13H14Br2O2/c1-3-6-5-8-9(12(16)7(6)4-2)10(14)11(15)13(8)17/h5,13,16-17H,3-4H2,1-2H3.